The number of allylic oxidation sites excluding steroid dienone is 2. The third-order valence-corrected chi connectivity index (χ3v) is 14.0. The Bertz CT molecular complexity index is 1410. The van der Waals surface area contributed by atoms with Crippen LogP contribution in [0, 0.1) is 35.5 Å². The van der Waals surface area contributed by atoms with Crippen molar-refractivity contribution < 1.29 is 47.5 Å². The monoisotopic (exact) mass is 774 g/mol. The molecule has 0 aromatic rings. The lowest BCUT2D eigenvalue weighted by atomic mass is 9.64. The van der Waals surface area contributed by atoms with Crippen LogP contribution in [0.25, 0.3) is 10.4 Å². The molecule has 6 rings (SSSR count). The molecule has 3 aliphatic carbocycles. The lowest BCUT2D eigenvalue weighted by Gasteiger charge is -2.44. The minimum atomic E-state index is -0.683. The maximum absolute atomic E-state index is 14.8. The number of likely N-dealkylation sites (N-methyl/N-ethyl adjacent to an activating group) is 1. The molecule has 14 heteroatoms. The first-order valence-corrected chi connectivity index (χ1v) is 20.8. The average Bonchev–Trinajstić information content (AvgIpc) is 3.74. The number of carbonyl (C=O) groups excluding carboxylic acids is 2. The highest BCUT2D eigenvalue weighted by molar-refractivity contribution is 5.99. The number of hydrogen-bond donors (Lipinski definition) is 0. The molecule has 14 nitrogen and oxygen atoms in total. The summed E-state index contributed by atoms with van der Waals surface area (Å²) in [6, 6.07) is 0.0134. The lowest BCUT2D eigenvalue weighted by molar-refractivity contribution is -0.314. The van der Waals surface area contributed by atoms with Gasteiger partial charge < -0.3 is 42.8 Å². The number of methoxy groups -OCH3 is 3. The van der Waals surface area contributed by atoms with Gasteiger partial charge in [0.15, 0.2) is 18.4 Å². The zero-order chi connectivity index (χ0) is 39.6. The summed E-state index contributed by atoms with van der Waals surface area (Å²) in [5.74, 6) is -0.944. The van der Waals surface area contributed by atoms with Crippen LogP contribution in [-0.4, -0.2) is 126 Å². The smallest absolute Gasteiger partial charge is 0.306 e. The van der Waals surface area contributed by atoms with Crippen molar-refractivity contribution in [3.05, 3.63) is 22.1 Å². The van der Waals surface area contributed by atoms with Crippen LogP contribution in [0.3, 0.4) is 0 Å². The zero-order valence-electron chi connectivity index (χ0n) is 34.4. The number of nitrogens with zero attached hydrogens (tertiary/aromatic N) is 4. The predicted molar refractivity (Wildman–Crippen MR) is 203 cm³/mol. The molecule has 0 radical (unpaired) electrons. The predicted octanol–water partition coefficient (Wildman–Crippen LogP) is 6.00. The number of azide groups is 1. The van der Waals surface area contributed by atoms with Gasteiger partial charge in [-0.2, -0.15) is 0 Å². The van der Waals surface area contributed by atoms with Gasteiger partial charge in [0.25, 0.3) is 0 Å². The molecule has 18 atom stereocenters. The molecule has 310 valence electrons. The van der Waals surface area contributed by atoms with E-state index in [1.54, 1.807) is 21.3 Å². The Morgan fingerprint density at radius 2 is 1.60 bits per heavy atom. The van der Waals surface area contributed by atoms with Gasteiger partial charge in [-0.05, 0) is 121 Å². The molecule has 0 amide bonds. The van der Waals surface area contributed by atoms with Crippen LogP contribution in [0.5, 0.6) is 0 Å². The van der Waals surface area contributed by atoms with E-state index in [0.29, 0.717) is 43.7 Å². The standard InChI is InChI=1S/C41H66N4O10/c1-10-24-12-11-13-34(55-36-15-14-33(45(5)6)22(3)51-36)21(2)37(47)31-18-27-26-16-25(54-41-40(50-9)39(49-8)38(48-7)23(4)52-41)17-30(26)32(43-44-42)19-28(27)29(31)20-35(46)53-24/h18,21-30,32-34,36,38-41H,10-17,19-20H2,1-9H3/t21-,22?,23?,24+,25+,26+,27+,28-,29+,30-,32-,33+,34+,36+,38+,39?,40+,41+/m1/s1. The zero-order valence-corrected chi connectivity index (χ0v) is 34.4. The van der Waals surface area contributed by atoms with Gasteiger partial charge in [0.2, 0.25) is 0 Å². The maximum Gasteiger partial charge on any atom is 0.306 e. The Morgan fingerprint density at radius 3 is 2.25 bits per heavy atom. The Kier molecular flexibility index (Phi) is 14.4. The fourth-order valence-electron chi connectivity index (χ4n) is 11.1. The molecule has 3 saturated heterocycles. The first-order valence-electron chi connectivity index (χ1n) is 20.8. The normalized spacial score (nSPS) is 45.3. The van der Waals surface area contributed by atoms with Gasteiger partial charge in [0.05, 0.1) is 30.8 Å². The molecule has 6 aliphatic rings. The van der Waals surface area contributed by atoms with Crippen molar-refractivity contribution in [2.75, 3.05) is 35.4 Å². The number of ketones is 1. The third kappa shape index (κ3) is 8.98. The van der Waals surface area contributed by atoms with Gasteiger partial charge in [-0.15, -0.1) is 0 Å². The van der Waals surface area contributed by atoms with Gasteiger partial charge in [0, 0.05) is 50.2 Å². The molecule has 0 aromatic heterocycles. The van der Waals surface area contributed by atoms with E-state index in [1.165, 1.54) is 0 Å². The SMILES string of the molecule is CC[C@H]1CCC[C@H](O[C@H]2CC[C@H](N(C)C)C(C)O2)[C@@H](C)C(=O)C2=C[C@@H]3[C@@H](C[C@@H](N=[N+]=[N-])[C@@H]4C[C@@H](O[C@@H]5OC(C)[C@H](OC)C(OC)[C@@H]5OC)C[C@@H]34)[C@@H]2CC(=O)O1. The third-order valence-electron chi connectivity index (χ3n) is 14.0. The molecule has 3 heterocycles. The number of Topliss-reactive ketones (excluding diaryl/α,β-unsaturated/α-hetero) is 1. The second-order valence-electron chi connectivity index (χ2n) is 17.2. The number of carbonyl (C=O) groups is 2. The van der Waals surface area contributed by atoms with Crippen molar-refractivity contribution in [3.8, 4) is 0 Å². The van der Waals surface area contributed by atoms with E-state index in [0.717, 1.165) is 25.7 Å². The first-order chi connectivity index (χ1) is 26.4. The summed E-state index contributed by atoms with van der Waals surface area (Å²) in [5.41, 5.74) is 10.4. The van der Waals surface area contributed by atoms with Crippen LogP contribution in [0.4, 0.5) is 0 Å². The summed E-state index contributed by atoms with van der Waals surface area (Å²) in [6.07, 6.45) is 5.50. The number of ether oxygens (including phenoxy) is 8. The van der Waals surface area contributed by atoms with E-state index in [-0.39, 0.29) is 103 Å². The van der Waals surface area contributed by atoms with E-state index in [2.05, 4.69) is 42.0 Å². The molecule has 55 heavy (non-hydrogen) atoms. The van der Waals surface area contributed by atoms with E-state index >= 15 is 0 Å². The number of hydrogen-bond acceptors (Lipinski definition) is 12. The minimum absolute atomic E-state index is 0.00764. The van der Waals surface area contributed by atoms with Gasteiger partial charge in [-0.1, -0.05) is 25.0 Å². The molecule has 2 saturated carbocycles. The molecule has 5 fully saturated rings. The average molecular weight is 775 g/mol. The number of fused-ring (bicyclic) bond motifs is 5. The largest absolute Gasteiger partial charge is 0.462 e. The van der Waals surface area contributed by atoms with E-state index in [4.69, 9.17) is 37.9 Å². The van der Waals surface area contributed by atoms with Gasteiger partial charge >= 0.3 is 5.97 Å². The number of esters is 1. The molecule has 0 aromatic carbocycles. The minimum Gasteiger partial charge on any atom is -0.462 e. The maximum atomic E-state index is 14.8. The summed E-state index contributed by atoms with van der Waals surface area (Å²) >= 11 is 0. The quantitative estimate of drug-likeness (QED) is 0.111. The molecule has 0 spiro atoms. The second-order valence-corrected chi connectivity index (χ2v) is 17.2. The van der Waals surface area contributed by atoms with Gasteiger partial charge in [-0.25, -0.2) is 0 Å². The highest BCUT2D eigenvalue weighted by Gasteiger charge is 2.56. The summed E-state index contributed by atoms with van der Waals surface area (Å²) in [4.78, 5) is 33.9. The fourth-order valence-corrected chi connectivity index (χ4v) is 11.1. The fraction of sp³-hybridized carbons (Fsp3) is 0.902. The van der Waals surface area contributed by atoms with Gasteiger partial charge in [-0.3, -0.25) is 9.59 Å². The van der Waals surface area contributed by atoms with E-state index < -0.39 is 18.3 Å². The van der Waals surface area contributed by atoms with Crippen LogP contribution in [-0.2, 0) is 47.5 Å². The summed E-state index contributed by atoms with van der Waals surface area (Å²) in [6.45, 7) is 8.05. The van der Waals surface area contributed by atoms with Crippen molar-refractivity contribution in [2.24, 2.45) is 40.6 Å². The summed E-state index contributed by atoms with van der Waals surface area (Å²) in [5, 5.41) is 4.35. The molecule has 0 N–H and O–H groups in total. The Labute approximate surface area is 327 Å². The van der Waals surface area contributed by atoms with Crippen molar-refractivity contribution >= 4 is 11.8 Å². The summed E-state index contributed by atoms with van der Waals surface area (Å²) < 4.78 is 49.6. The van der Waals surface area contributed by atoms with Crippen LogP contribution in [0.1, 0.15) is 91.9 Å². The summed E-state index contributed by atoms with van der Waals surface area (Å²) in [7, 11) is 9.04. The van der Waals surface area contributed by atoms with Crippen molar-refractivity contribution in [1.82, 2.24) is 4.90 Å². The highest BCUT2D eigenvalue weighted by Crippen LogP contribution is 2.57. The number of rotatable bonds is 10. The second kappa shape index (κ2) is 18.6. The molecular weight excluding hydrogens is 708 g/mol. The van der Waals surface area contributed by atoms with Crippen molar-refractivity contribution in [3.63, 3.8) is 0 Å². The first kappa shape index (κ1) is 42.5. The van der Waals surface area contributed by atoms with Gasteiger partial charge in [0.1, 0.15) is 24.4 Å². The highest BCUT2D eigenvalue weighted by atomic mass is 16.7. The van der Waals surface area contributed by atoms with Crippen LogP contribution < -0.4 is 0 Å². The topological polar surface area (TPSA) is 160 Å². The molecular formula is C41H66N4O10. The van der Waals surface area contributed by atoms with Crippen LogP contribution in [0.2, 0.25) is 0 Å². The van der Waals surface area contributed by atoms with Crippen molar-refractivity contribution in [1.29, 1.82) is 0 Å². The molecule has 3 unspecified atom stereocenters. The molecule has 3 aliphatic heterocycles. The Hall–Kier alpha value is -2.13. The van der Waals surface area contributed by atoms with E-state index in [9.17, 15) is 15.1 Å². The van der Waals surface area contributed by atoms with E-state index in [1.807, 2.05) is 20.8 Å². The molecule has 0 bridgehead atoms. The number of cyclic esters (lactones) is 1. The van der Waals surface area contributed by atoms with Crippen molar-refractivity contribution in [2.45, 2.75) is 165 Å². The van der Waals surface area contributed by atoms with Crippen LogP contribution in [0.15, 0.2) is 16.8 Å². The Balaban J connectivity index is 1.26. The Morgan fingerprint density at radius 1 is 0.873 bits per heavy atom. The lowest BCUT2D eigenvalue weighted by Crippen LogP contribution is -2.59. The van der Waals surface area contributed by atoms with Crippen LogP contribution >= 0.6 is 0 Å².